The molecule has 0 fully saturated rings. The molecule has 1 aromatic rings. The van der Waals surface area contributed by atoms with Gasteiger partial charge in [0.25, 0.3) is 0 Å². The number of esters is 1. The topological polar surface area (TPSA) is 60.4 Å². The van der Waals surface area contributed by atoms with Gasteiger partial charge in [0.1, 0.15) is 11.9 Å². The van der Waals surface area contributed by atoms with E-state index in [2.05, 4.69) is 0 Å². The smallest absolute Gasteiger partial charge is 0.339 e. The van der Waals surface area contributed by atoms with Crippen molar-refractivity contribution < 1.29 is 21.8 Å². The Labute approximate surface area is 85.9 Å². The Balaban J connectivity index is 2.37. The number of carbonyl (C=O) groups excluding carboxylic acids is 1. The SMILES string of the molecule is O=C1OC(CS(=O)(=O)F)c2ccccc21. The molecule has 6 heteroatoms. The molecule has 1 unspecified atom stereocenters. The second-order valence-electron chi connectivity index (χ2n) is 3.19. The number of hydrogen-bond donors (Lipinski definition) is 0. The molecule has 0 bridgehead atoms. The van der Waals surface area contributed by atoms with Crippen molar-refractivity contribution in [1.82, 2.24) is 0 Å². The Morgan fingerprint density at radius 1 is 1.33 bits per heavy atom. The van der Waals surface area contributed by atoms with Gasteiger partial charge in [-0.25, -0.2) is 4.79 Å². The third-order valence-corrected chi connectivity index (χ3v) is 2.83. The minimum atomic E-state index is -4.65. The Morgan fingerprint density at radius 2 is 2.00 bits per heavy atom. The van der Waals surface area contributed by atoms with Crippen LogP contribution in [0.1, 0.15) is 22.0 Å². The lowest BCUT2D eigenvalue weighted by molar-refractivity contribution is 0.0426. The van der Waals surface area contributed by atoms with Gasteiger partial charge in [0, 0.05) is 5.56 Å². The van der Waals surface area contributed by atoms with Crippen molar-refractivity contribution in [2.24, 2.45) is 0 Å². The number of cyclic esters (lactones) is 1. The van der Waals surface area contributed by atoms with Crippen LogP contribution in [-0.2, 0) is 15.0 Å². The van der Waals surface area contributed by atoms with Crippen molar-refractivity contribution >= 4 is 16.2 Å². The van der Waals surface area contributed by atoms with E-state index >= 15 is 0 Å². The van der Waals surface area contributed by atoms with E-state index in [-0.39, 0.29) is 0 Å². The summed E-state index contributed by atoms with van der Waals surface area (Å²) in [6.45, 7) is 0. The third-order valence-electron chi connectivity index (χ3n) is 2.13. The van der Waals surface area contributed by atoms with Gasteiger partial charge < -0.3 is 4.74 Å². The summed E-state index contributed by atoms with van der Waals surface area (Å²) in [5, 5.41) is 0. The van der Waals surface area contributed by atoms with Crippen LogP contribution in [0.3, 0.4) is 0 Å². The van der Waals surface area contributed by atoms with Crippen LogP contribution >= 0.6 is 0 Å². The Hall–Kier alpha value is -1.43. The van der Waals surface area contributed by atoms with Crippen LogP contribution in [0.5, 0.6) is 0 Å². The average Bonchev–Trinajstić information content (AvgIpc) is 2.42. The summed E-state index contributed by atoms with van der Waals surface area (Å²) in [4.78, 5) is 11.2. The van der Waals surface area contributed by atoms with E-state index in [1.807, 2.05) is 0 Å². The second-order valence-corrected chi connectivity index (χ2v) is 4.60. The maximum Gasteiger partial charge on any atom is 0.339 e. The first-order valence-corrected chi connectivity index (χ1v) is 5.75. The van der Waals surface area contributed by atoms with Gasteiger partial charge in [-0.15, -0.1) is 3.89 Å². The first kappa shape index (κ1) is 10.1. The summed E-state index contributed by atoms with van der Waals surface area (Å²) < 4.78 is 38.1. The fourth-order valence-corrected chi connectivity index (χ4v) is 2.13. The lowest BCUT2D eigenvalue weighted by atomic mass is 10.1. The average molecular weight is 230 g/mol. The molecule has 0 N–H and O–H groups in total. The van der Waals surface area contributed by atoms with Crippen LogP contribution in [0, 0.1) is 0 Å². The van der Waals surface area contributed by atoms with Crippen molar-refractivity contribution in [2.45, 2.75) is 6.10 Å². The highest BCUT2D eigenvalue weighted by Crippen LogP contribution is 2.31. The van der Waals surface area contributed by atoms with Crippen LogP contribution in [0.4, 0.5) is 3.89 Å². The first-order chi connectivity index (χ1) is 6.97. The number of ether oxygens (including phenoxy) is 1. The molecule has 0 saturated carbocycles. The molecule has 0 amide bonds. The fraction of sp³-hybridized carbons (Fsp3) is 0.222. The number of benzene rings is 1. The van der Waals surface area contributed by atoms with Crippen LogP contribution in [-0.4, -0.2) is 20.1 Å². The summed E-state index contributed by atoms with van der Waals surface area (Å²) in [5.41, 5.74) is 0.717. The maximum absolute atomic E-state index is 12.4. The molecule has 1 aliphatic rings. The largest absolute Gasteiger partial charge is 0.453 e. The van der Waals surface area contributed by atoms with E-state index in [1.54, 1.807) is 18.2 Å². The van der Waals surface area contributed by atoms with Crippen molar-refractivity contribution in [1.29, 1.82) is 0 Å². The predicted molar refractivity (Wildman–Crippen MR) is 49.5 cm³/mol. The minimum absolute atomic E-state index is 0.297. The van der Waals surface area contributed by atoms with E-state index in [9.17, 15) is 17.1 Å². The van der Waals surface area contributed by atoms with Crippen molar-refractivity contribution in [3.05, 3.63) is 35.4 Å². The second kappa shape index (κ2) is 3.30. The number of carbonyl (C=O) groups is 1. The van der Waals surface area contributed by atoms with Gasteiger partial charge in [0.2, 0.25) is 0 Å². The van der Waals surface area contributed by atoms with Crippen molar-refractivity contribution in [3.63, 3.8) is 0 Å². The lowest BCUT2D eigenvalue weighted by Gasteiger charge is -2.06. The van der Waals surface area contributed by atoms with Crippen LogP contribution in [0.15, 0.2) is 24.3 Å². The molecule has 0 saturated heterocycles. The molecular weight excluding hydrogens is 223 g/mol. The number of fused-ring (bicyclic) bond motifs is 1. The van der Waals surface area contributed by atoms with Gasteiger partial charge in [0.15, 0.2) is 0 Å². The van der Waals surface area contributed by atoms with Crippen molar-refractivity contribution in [3.8, 4) is 0 Å². The number of halogens is 1. The highest BCUT2D eigenvalue weighted by molar-refractivity contribution is 7.86. The van der Waals surface area contributed by atoms with Crippen LogP contribution < -0.4 is 0 Å². The zero-order valence-corrected chi connectivity index (χ0v) is 8.33. The predicted octanol–water partition coefficient (Wildman–Crippen LogP) is 1.20. The Morgan fingerprint density at radius 3 is 2.67 bits per heavy atom. The first-order valence-electron chi connectivity index (χ1n) is 4.19. The summed E-state index contributed by atoms with van der Waals surface area (Å²) in [7, 11) is -4.65. The standard InChI is InChI=1S/C9H7FO4S/c10-15(12,13)5-8-6-3-1-2-4-7(6)9(11)14-8/h1-4,8H,5H2. The molecule has 2 rings (SSSR count). The maximum atomic E-state index is 12.4. The van der Waals surface area contributed by atoms with E-state index in [4.69, 9.17) is 4.74 Å². The monoisotopic (exact) mass is 230 g/mol. The highest BCUT2D eigenvalue weighted by Gasteiger charge is 2.33. The van der Waals surface area contributed by atoms with Gasteiger partial charge in [-0.3, -0.25) is 0 Å². The summed E-state index contributed by atoms with van der Waals surface area (Å²) in [6, 6.07) is 6.34. The molecule has 0 radical (unpaired) electrons. The molecule has 4 nitrogen and oxygen atoms in total. The van der Waals surface area contributed by atoms with E-state index in [1.165, 1.54) is 6.07 Å². The minimum Gasteiger partial charge on any atom is -0.453 e. The van der Waals surface area contributed by atoms with Gasteiger partial charge in [-0.2, -0.15) is 8.42 Å². The molecule has 0 aliphatic carbocycles. The molecule has 0 spiro atoms. The summed E-state index contributed by atoms with van der Waals surface area (Å²) in [6.07, 6.45) is -1.02. The number of hydrogen-bond acceptors (Lipinski definition) is 4. The molecule has 1 aliphatic heterocycles. The zero-order valence-electron chi connectivity index (χ0n) is 7.51. The summed E-state index contributed by atoms with van der Waals surface area (Å²) >= 11 is 0. The highest BCUT2D eigenvalue weighted by atomic mass is 32.3. The van der Waals surface area contributed by atoms with E-state index in [0.29, 0.717) is 11.1 Å². The van der Waals surface area contributed by atoms with Gasteiger partial charge in [-0.05, 0) is 6.07 Å². The molecule has 1 atom stereocenters. The lowest BCUT2D eigenvalue weighted by Crippen LogP contribution is -2.10. The molecule has 1 heterocycles. The van der Waals surface area contributed by atoms with Crippen molar-refractivity contribution in [2.75, 3.05) is 5.75 Å². The quantitative estimate of drug-likeness (QED) is 0.565. The molecular formula is C9H7FO4S. The molecule has 80 valence electrons. The van der Waals surface area contributed by atoms with Gasteiger partial charge in [-0.1, -0.05) is 18.2 Å². The molecule has 0 aromatic heterocycles. The Kier molecular flexibility index (Phi) is 2.22. The molecule has 1 aromatic carbocycles. The zero-order chi connectivity index (χ0) is 11.1. The van der Waals surface area contributed by atoms with E-state index < -0.39 is 28.0 Å². The Bertz CT molecular complexity index is 509. The van der Waals surface area contributed by atoms with Crippen LogP contribution in [0.25, 0.3) is 0 Å². The van der Waals surface area contributed by atoms with E-state index in [0.717, 1.165) is 0 Å². The normalized spacial score (nSPS) is 19.8. The van der Waals surface area contributed by atoms with Gasteiger partial charge in [0.05, 0.1) is 5.56 Å². The summed E-state index contributed by atoms with van der Waals surface area (Å²) in [5.74, 6) is -1.44. The molecule has 15 heavy (non-hydrogen) atoms. The third kappa shape index (κ3) is 1.99. The van der Waals surface area contributed by atoms with Crippen LogP contribution in [0.2, 0.25) is 0 Å². The number of rotatable bonds is 2. The fourth-order valence-electron chi connectivity index (χ4n) is 1.52. The van der Waals surface area contributed by atoms with Gasteiger partial charge >= 0.3 is 16.2 Å².